The molecule has 7 heteroatoms. The van der Waals surface area contributed by atoms with Crippen LogP contribution in [0.1, 0.15) is 25.1 Å². The lowest BCUT2D eigenvalue weighted by molar-refractivity contribution is -0.0123. The van der Waals surface area contributed by atoms with Gasteiger partial charge in [-0.15, -0.1) is 0 Å². The van der Waals surface area contributed by atoms with Crippen LogP contribution in [0.3, 0.4) is 0 Å². The van der Waals surface area contributed by atoms with Gasteiger partial charge in [0.15, 0.2) is 5.82 Å². The van der Waals surface area contributed by atoms with Gasteiger partial charge in [0.1, 0.15) is 18.1 Å². The summed E-state index contributed by atoms with van der Waals surface area (Å²) in [5, 5.41) is 20.8. The topological polar surface area (TPSA) is 97.1 Å². The summed E-state index contributed by atoms with van der Waals surface area (Å²) in [5.74, 6) is 1.04. The molecular formula is C16H16N4O3. The first-order chi connectivity index (χ1) is 11.3. The Morgan fingerprint density at radius 1 is 1.30 bits per heavy atom. The van der Waals surface area contributed by atoms with Crippen LogP contribution in [0.4, 0.5) is 0 Å². The fourth-order valence-electron chi connectivity index (χ4n) is 2.41. The average molecular weight is 312 g/mol. The third kappa shape index (κ3) is 2.83. The molecule has 1 aliphatic carbocycles. The van der Waals surface area contributed by atoms with Crippen molar-refractivity contribution < 1.29 is 14.4 Å². The van der Waals surface area contributed by atoms with Gasteiger partial charge in [-0.25, -0.2) is 0 Å². The second-order valence-electron chi connectivity index (χ2n) is 5.56. The number of benzene rings is 1. The molecule has 23 heavy (non-hydrogen) atoms. The van der Waals surface area contributed by atoms with E-state index in [4.69, 9.17) is 9.26 Å². The van der Waals surface area contributed by atoms with E-state index in [0.717, 1.165) is 12.8 Å². The number of hydrogen-bond donors (Lipinski definition) is 2. The molecule has 7 nitrogen and oxygen atoms in total. The van der Waals surface area contributed by atoms with Crippen LogP contribution in [-0.4, -0.2) is 31.5 Å². The van der Waals surface area contributed by atoms with Gasteiger partial charge in [0.05, 0.1) is 11.8 Å². The van der Waals surface area contributed by atoms with Crippen molar-refractivity contribution in [2.75, 3.05) is 0 Å². The Kier molecular flexibility index (Phi) is 3.55. The second kappa shape index (κ2) is 5.85. The van der Waals surface area contributed by atoms with E-state index in [0.29, 0.717) is 41.4 Å². The summed E-state index contributed by atoms with van der Waals surface area (Å²) in [6.07, 6.45) is 3.77. The Hall–Kier alpha value is -2.67. The van der Waals surface area contributed by atoms with Gasteiger partial charge in [-0.05, 0) is 37.5 Å². The molecule has 1 aromatic carbocycles. The van der Waals surface area contributed by atoms with Gasteiger partial charge in [-0.3, -0.25) is 5.10 Å². The van der Waals surface area contributed by atoms with Crippen LogP contribution in [0, 0.1) is 0 Å². The number of aromatic hydroxyl groups is 1. The molecule has 0 aliphatic heterocycles. The number of aromatic amines is 1. The Labute approximate surface area is 132 Å². The highest BCUT2D eigenvalue weighted by Crippen LogP contribution is 2.29. The van der Waals surface area contributed by atoms with E-state index in [2.05, 4.69) is 20.3 Å². The summed E-state index contributed by atoms with van der Waals surface area (Å²) in [7, 11) is 0. The van der Waals surface area contributed by atoms with Crippen LogP contribution < -0.4 is 0 Å². The molecule has 0 amide bonds. The summed E-state index contributed by atoms with van der Waals surface area (Å²) >= 11 is 0. The minimum absolute atomic E-state index is 0.172. The molecule has 0 atom stereocenters. The maximum Gasteiger partial charge on any atom is 0.276 e. The first-order valence-electron chi connectivity index (χ1n) is 7.58. The van der Waals surface area contributed by atoms with Gasteiger partial charge in [-0.1, -0.05) is 17.3 Å². The van der Waals surface area contributed by atoms with Crippen molar-refractivity contribution >= 4 is 0 Å². The average Bonchev–Trinajstić information content (AvgIpc) is 3.15. The second-order valence-corrected chi connectivity index (χ2v) is 5.56. The molecule has 0 saturated heterocycles. The summed E-state index contributed by atoms with van der Waals surface area (Å²) in [6.45, 7) is 0.356. The number of ether oxygens (including phenoxy) is 1. The maximum atomic E-state index is 9.88. The molecule has 0 spiro atoms. The van der Waals surface area contributed by atoms with E-state index < -0.39 is 0 Å². The van der Waals surface area contributed by atoms with E-state index in [1.54, 1.807) is 24.3 Å². The smallest absolute Gasteiger partial charge is 0.276 e. The van der Waals surface area contributed by atoms with E-state index in [9.17, 15) is 5.11 Å². The fourth-order valence-corrected chi connectivity index (χ4v) is 2.41. The number of phenolic OH excluding ortho intramolecular Hbond substituents is 1. The Morgan fingerprint density at radius 3 is 2.96 bits per heavy atom. The number of nitrogens with one attached hydrogen (secondary N) is 1. The lowest BCUT2D eigenvalue weighted by Gasteiger charge is -2.24. The Balaban J connectivity index is 1.50. The molecule has 0 bridgehead atoms. The summed E-state index contributed by atoms with van der Waals surface area (Å²) in [4.78, 5) is 4.30. The minimum Gasteiger partial charge on any atom is -0.507 e. The third-order valence-corrected chi connectivity index (χ3v) is 3.96. The number of H-pyrrole nitrogens is 1. The first kappa shape index (κ1) is 14.0. The highest BCUT2D eigenvalue weighted by Gasteiger charge is 2.19. The fraction of sp³-hybridized carbons (Fsp3) is 0.312. The molecule has 2 aromatic heterocycles. The predicted octanol–water partition coefficient (Wildman–Crippen LogP) is 2.90. The van der Waals surface area contributed by atoms with Crippen LogP contribution in [0.2, 0.25) is 0 Å². The Morgan fingerprint density at radius 2 is 2.17 bits per heavy atom. The van der Waals surface area contributed by atoms with Crippen LogP contribution >= 0.6 is 0 Å². The normalized spacial score (nSPS) is 14.8. The van der Waals surface area contributed by atoms with Gasteiger partial charge in [0, 0.05) is 5.56 Å². The van der Waals surface area contributed by atoms with Gasteiger partial charge in [0.25, 0.3) is 5.89 Å². The molecule has 1 saturated carbocycles. The number of phenols is 1. The molecule has 1 aliphatic rings. The van der Waals surface area contributed by atoms with Gasteiger partial charge in [0.2, 0.25) is 0 Å². The number of nitrogens with zero attached hydrogens (tertiary/aromatic N) is 3. The third-order valence-electron chi connectivity index (χ3n) is 3.96. The van der Waals surface area contributed by atoms with Crippen molar-refractivity contribution in [2.24, 2.45) is 0 Å². The van der Waals surface area contributed by atoms with Crippen LogP contribution in [0.25, 0.3) is 22.8 Å². The quantitative estimate of drug-likeness (QED) is 0.752. The zero-order chi connectivity index (χ0) is 15.6. The van der Waals surface area contributed by atoms with Crippen molar-refractivity contribution in [1.82, 2.24) is 20.3 Å². The van der Waals surface area contributed by atoms with Gasteiger partial charge < -0.3 is 14.4 Å². The van der Waals surface area contributed by atoms with Gasteiger partial charge >= 0.3 is 0 Å². The van der Waals surface area contributed by atoms with Gasteiger partial charge in [-0.2, -0.15) is 10.1 Å². The predicted molar refractivity (Wildman–Crippen MR) is 81.4 cm³/mol. The van der Waals surface area contributed by atoms with E-state index >= 15 is 0 Å². The first-order valence-corrected chi connectivity index (χ1v) is 7.58. The molecule has 3 aromatic rings. The molecule has 2 heterocycles. The molecule has 2 N–H and O–H groups in total. The molecule has 0 unspecified atom stereocenters. The molecule has 118 valence electrons. The lowest BCUT2D eigenvalue weighted by Crippen LogP contribution is -2.21. The molecular weight excluding hydrogens is 296 g/mol. The summed E-state index contributed by atoms with van der Waals surface area (Å²) in [5.41, 5.74) is 1.86. The number of hydrogen-bond acceptors (Lipinski definition) is 6. The monoisotopic (exact) mass is 312 g/mol. The Bertz CT molecular complexity index is 807. The van der Waals surface area contributed by atoms with Crippen molar-refractivity contribution in [3.8, 4) is 28.6 Å². The summed E-state index contributed by atoms with van der Waals surface area (Å²) < 4.78 is 10.9. The van der Waals surface area contributed by atoms with E-state index in [-0.39, 0.29) is 5.75 Å². The van der Waals surface area contributed by atoms with Crippen LogP contribution in [0.5, 0.6) is 5.75 Å². The molecule has 1 fully saturated rings. The number of para-hydroxylation sites is 1. The van der Waals surface area contributed by atoms with E-state index in [1.165, 1.54) is 6.42 Å². The zero-order valence-corrected chi connectivity index (χ0v) is 12.4. The van der Waals surface area contributed by atoms with Crippen LogP contribution in [-0.2, 0) is 11.3 Å². The van der Waals surface area contributed by atoms with E-state index in [1.807, 2.05) is 6.07 Å². The largest absolute Gasteiger partial charge is 0.507 e. The minimum atomic E-state index is 0.172. The van der Waals surface area contributed by atoms with Crippen molar-refractivity contribution in [2.45, 2.75) is 32.0 Å². The number of rotatable bonds is 5. The summed E-state index contributed by atoms with van der Waals surface area (Å²) in [6, 6.07) is 8.77. The molecule has 0 radical (unpaired) electrons. The zero-order valence-electron chi connectivity index (χ0n) is 12.4. The lowest BCUT2D eigenvalue weighted by atomic mass is 9.96. The van der Waals surface area contributed by atoms with Crippen molar-refractivity contribution in [3.05, 3.63) is 36.2 Å². The highest BCUT2D eigenvalue weighted by molar-refractivity contribution is 5.69. The highest BCUT2D eigenvalue weighted by atomic mass is 16.5. The van der Waals surface area contributed by atoms with Crippen molar-refractivity contribution in [1.29, 1.82) is 0 Å². The molecule has 4 rings (SSSR count). The SMILES string of the molecule is Oc1ccccc1-c1cc(-c2nc(COC3CCC3)no2)[nH]n1. The van der Waals surface area contributed by atoms with Crippen LogP contribution in [0.15, 0.2) is 34.9 Å². The number of aromatic nitrogens is 4. The van der Waals surface area contributed by atoms with Crippen molar-refractivity contribution in [3.63, 3.8) is 0 Å². The maximum absolute atomic E-state index is 9.88. The standard InChI is InChI=1S/C16H16N4O3/c21-14-7-2-1-6-11(14)12-8-13(19-18-12)16-17-15(20-23-16)9-22-10-4-3-5-10/h1-2,6-8,10,21H,3-5,9H2,(H,18,19).